The summed E-state index contributed by atoms with van der Waals surface area (Å²) < 4.78 is 10.8. The third-order valence-electron chi connectivity index (χ3n) is 3.94. The largest absolute Gasteiger partial charge is 0.487 e. The van der Waals surface area contributed by atoms with Crippen LogP contribution in [0.2, 0.25) is 0 Å². The molecule has 2 aromatic rings. The summed E-state index contributed by atoms with van der Waals surface area (Å²) in [6.07, 6.45) is 0.583. The molecule has 5 heteroatoms. The number of benzene rings is 2. The molecule has 0 N–H and O–H groups in total. The van der Waals surface area contributed by atoms with Crippen LogP contribution >= 0.6 is 0 Å². The van der Waals surface area contributed by atoms with Gasteiger partial charge in [0.15, 0.2) is 0 Å². The van der Waals surface area contributed by atoms with E-state index in [1.165, 1.54) is 7.11 Å². The lowest BCUT2D eigenvalue weighted by Gasteiger charge is -2.33. The number of oxime groups is 1. The lowest BCUT2D eigenvalue weighted by molar-refractivity contribution is 0.0600. The Hall–Kier alpha value is -2.82. The van der Waals surface area contributed by atoms with Crippen LogP contribution in [0.15, 0.2) is 53.7 Å². The van der Waals surface area contributed by atoms with Gasteiger partial charge in [-0.1, -0.05) is 35.5 Å². The molecule has 1 aliphatic rings. The number of carbonyl (C=O) groups excluding carboxylic acids is 1. The molecule has 0 unspecified atom stereocenters. The molecule has 1 heterocycles. The van der Waals surface area contributed by atoms with E-state index in [0.717, 1.165) is 16.8 Å². The Balaban J connectivity index is 1.88. The van der Waals surface area contributed by atoms with Gasteiger partial charge in [0.05, 0.1) is 18.4 Å². The second-order valence-electron chi connectivity index (χ2n) is 6.54. The van der Waals surface area contributed by atoms with Gasteiger partial charge in [0.25, 0.3) is 0 Å². The Morgan fingerprint density at radius 1 is 1.20 bits per heavy atom. The van der Waals surface area contributed by atoms with Crippen molar-refractivity contribution in [2.24, 2.45) is 5.16 Å². The van der Waals surface area contributed by atoms with Crippen LogP contribution in [0.4, 0.5) is 0 Å². The van der Waals surface area contributed by atoms with Crippen LogP contribution in [0.5, 0.6) is 5.75 Å². The van der Waals surface area contributed by atoms with E-state index in [0.29, 0.717) is 24.3 Å². The Bertz CT molecular complexity index is 797. The number of methoxy groups -OCH3 is 1. The van der Waals surface area contributed by atoms with Crippen LogP contribution in [0.25, 0.3) is 0 Å². The predicted molar refractivity (Wildman–Crippen MR) is 94.9 cm³/mol. The first kappa shape index (κ1) is 17.0. The van der Waals surface area contributed by atoms with Gasteiger partial charge in [-0.3, -0.25) is 0 Å². The fourth-order valence-electron chi connectivity index (χ4n) is 2.76. The van der Waals surface area contributed by atoms with Gasteiger partial charge >= 0.3 is 5.97 Å². The Kier molecular flexibility index (Phi) is 4.74. The normalized spacial score (nSPS) is 16.7. The zero-order valence-electron chi connectivity index (χ0n) is 14.6. The molecule has 130 valence electrons. The summed E-state index contributed by atoms with van der Waals surface area (Å²) in [6.45, 7) is 4.38. The number of ether oxygens (including phenoxy) is 2. The van der Waals surface area contributed by atoms with Crippen LogP contribution in [0.1, 0.15) is 41.8 Å². The molecule has 1 aliphatic heterocycles. The highest BCUT2D eigenvalue weighted by Gasteiger charge is 2.32. The van der Waals surface area contributed by atoms with Crippen LogP contribution < -0.4 is 4.74 Å². The van der Waals surface area contributed by atoms with Gasteiger partial charge in [-0.2, -0.15) is 0 Å². The van der Waals surface area contributed by atoms with E-state index in [9.17, 15) is 4.79 Å². The summed E-state index contributed by atoms with van der Waals surface area (Å²) in [4.78, 5) is 17.4. The topological polar surface area (TPSA) is 57.1 Å². The molecule has 0 aromatic heterocycles. The zero-order chi connectivity index (χ0) is 17.9. The smallest absolute Gasteiger partial charge is 0.337 e. The summed E-state index contributed by atoms with van der Waals surface area (Å²) in [5.41, 5.74) is 2.62. The van der Waals surface area contributed by atoms with E-state index < -0.39 is 11.6 Å². The van der Waals surface area contributed by atoms with Crippen molar-refractivity contribution in [1.29, 1.82) is 0 Å². The number of rotatable bonds is 4. The maximum atomic E-state index is 11.8. The molecule has 5 nitrogen and oxygen atoms in total. The summed E-state index contributed by atoms with van der Waals surface area (Å²) in [7, 11) is 1.36. The van der Waals surface area contributed by atoms with Crippen molar-refractivity contribution in [3.63, 3.8) is 0 Å². The fourth-order valence-corrected chi connectivity index (χ4v) is 2.76. The Labute approximate surface area is 147 Å². The molecule has 0 saturated carbocycles. The summed E-state index contributed by atoms with van der Waals surface area (Å²) in [5, 5.41) is 4.33. The van der Waals surface area contributed by atoms with E-state index in [2.05, 4.69) is 5.16 Å². The molecule has 3 rings (SSSR count). The molecule has 0 saturated heterocycles. The zero-order valence-corrected chi connectivity index (χ0v) is 14.6. The van der Waals surface area contributed by atoms with Gasteiger partial charge in [0.1, 0.15) is 18.0 Å². The molecule has 2 aromatic carbocycles. The Morgan fingerprint density at radius 3 is 2.68 bits per heavy atom. The molecule has 0 bridgehead atoms. The molecule has 0 fully saturated rings. The SMILES string of the molecule is COC(=O)c1ccc2c(c1)C(=NOCc1ccccc1)CC(C)(C)O2. The maximum Gasteiger partial charge on any atom is 0.337 e. The third-order valence-corrected chi connectivity index (χ3v) is 3.94. The lowest BCUT2D eigenvalue weighted by Crippen LogP contribution is -2.36. The van der Waals surface area contributed by atoms with Crippen LogP contribution in [-0.2, 0) is 16.2 Å². The van der Waals surface area contributed by atoms with Crippen molar-refractivity contribution in [3.05, 3.63) is 65.2 Å². The average Bonchev–Trinajstić information content (AvgIpc) is 2.60. The highest BCUT2D eigenvalue weighted by molar-refractivity contribution is 6.05. The predicted octanol–water partition coefficient (Wildman–Crippen LogP) is 3.96. The second-order valence-corrected chi connectivity index (χ2v) is 6.54. The first-order chi connectivity index (χ1) is 12.0. The standard InChI is InChI=1S/C20H21NO4/c1-20(2)12-17(21-24-13-14-7-5-4-6-8-14)16-11-15(19(22)23-3)9-10-18(16)25-20/h4-11H,12-13H2,1-3H3. The number of esters is 1. The van der Waals surface area contributed by atoms with Crippen molar-refractivity contribution in [1.82, 2.24) is 0 Å². The van der Waals surface area contributed by atoms with Gasteiger partial charge < -0.3 is 14.3 Å². The molecule has 0 amide bonds. The van der Waals surface area contributed by atoms with Gasteiger partial charge in [-0.15, -0.1) is 0 Å². The van der Waals surface area contributed by atoms with Gasteiger partial charge in [-0.25, -0.2) is 4.79 Å². The van der Waals surface area contributed by atoms with E-state index >= 15 is 0 Å². The number of nitrogens with zero attached hydrogens (tertiary/aromatic N) is 1. The maximum absolute atomic E-state index is 11.8. The minimum atomic E-state index is -0.394. The van der Waals surface area contributed by atoms with Crippen molar-refractivity contribution in [3.8, 4) is 5.75 Å². The van der Waals surface area contributed by atoms with E-state index in [4.69, 9.17) is 14.3 Å². The van der Waals surface area contributed by atoms with Crippen LogP contribution in [0.3, 0.4) is 0 Å². The fraction of sp³-hybridized carbons (Fsp3) is 0.300. The molecule has 0 spiro atoms. The number of carbonyl (C=O) groups is 1. The summed E-state index contributed by atoms with van der Waals surface area (Å²) in [6, 6.07) is 15.0. The van der Waals surface area contributed by atoms with Crippen molar-refractivity contribution in [2.45, 2.75) is 32.5 Å². The van der Waals surface area contributed by atoms with Gasteiger partial charge in [0.2, 0.25) is 0 Å². The highest BCUT2D eigenvalue weighted by Crippen LogP contribution is 2.34. The second kappa shape index (κ2) is 6.97. The average molecular weight is 339 g/mol. The molecular weight excluding hydrogens is 318 g/mol. The minimum Gasteiger partial charge on any atom is -0.487 e. The van der Waals surface area contributed by atoms with Crippen molar-refractivity contribution >= 4 is 11.7 Å². The van der Waals surface area contributed by atoms with Gasteiger partial charge in [-0.05, 0) is 37.6 Å². The molecular formula is C20H21NO4. The van der Waals surface area contributed by atoms with E-state index in [1.807, 2.05) is 44.2 Å². The van der Waals surface area contributed by atoms with E-state index in [-0.39, 0.29) is 0 Å². The summed E-state index contributed by atoms with van der Waals surface area (Å²) >= 11 is 0. The molecule has 0 atom stereocenters. The minimum absolute atomic E-state index is 0.387. The molecule has 25 heavy (non-hydrogen) atoms. The van der Waals surface area contributed by atoms with Crippen molar-refractivity contribution in [2.75, 3.05) is 7.11 Å². The quantitative estimate of drug-likeness (QED) is 0.625. The number of hydrogen-bond acceptors (Lipinski definition) is 5. The lowest BCUT2D eigenvalue weighted by atomic mass is 9.91. The number of hydrogen-bond donors (Lipinski definition) is 0. The van der Waals surface area contributed by atoms with E-state index in [1.54, 1.807) is 18.2 Å². The van der Waals surface area contributed by atoms with Crippen molar-refractivity contribution < 1.29 is 19.1 Å². The monoisotopic (exact) mass is 339 g/mol. The highest BCUT2D eigenvalue weighted by atomic mass is 16.6. The Morgan fingerprint density at radius 2 is 1.96 bits per heavy atom. The first-order valence-corrected chi connectivity index (χ1v) is 8.13. The molecule has 0 aliphatic carbocycles. The van der Waals surface area contributed by atoms with Gasteiger partial charge in [0, 0.05) is 12.0 Å². The molecule has 0 radical (unpaired) electrons. The van der Waals surface area contributed by atoms with Crippen LogP contribution in [-0.4, -0.2) is 24.4 Å². The van der Waals surface area contributed by atoms with Crippen LogP contribution in [0, 0.1) is 0 Å². The summed E-state index contributed by atoms with van der Waals surface area (Å²) in [5.74, 6) is 0.295. The third kappa shape index (κ3) is 3.99. The first-order valence-electron chi connectivity index (χ1n) is 8.13. The number of fused-ring (bicyclic) bond motifs is 1.